The molecule has 4 rings (SSSR count). The number of halogens is 1. The van der Waals surface area contributed by atoms with Crippen LogP contribution in [0.1, 0.15) is 30.4 Å². The van der Waals surface area contributed by atoms with E-state index in [4.69, 9.17) is 11.6 Å². The molecule has 2 aliphatic rings. The van der Waals surface area contributed by atoms with Gasteiger partial charge in [0.25, 0.3) is 11.1 Å². The molecule has 2 aromatic carbocycles. The Morgan fingerprint density at radius 2 is 1.64 bits per heavy atom. The Hall–Kier alpha value is -2.24. The van der Waals surface area contributed by atoms with Gasteiger partial charge in [-0.3, -0.25) is 9.59 Å². The third kappa shape index (κ3) is 3.82. The van der Waals surface area contributed by atoms with Gasteiger partial charge in [0, 0.05) is 23.8 Å². The van der Waals surface area contributed by atoms with Crippen LogP contribution >= 0.6 is 23.4 Å². The number of nitrogens with zero attached hydrogens (tertiary/aromatic N) is 2. The summed E-state index contributed by atoms with van der Waals surface area (Å²) in [6, 6.07) is 13.0. The zero-order chi connectivity index (χ0) is 19.7. The highest BCUT2D eigenvalue weighted by Gasteiger charge is 2.36. The molecule has 0 bridgehead atoms. The van der Waals surface area contributed by atoms with Gasteiger partial charge >= 0.3 is 0 Å². The number of amides is 2. The fourth-order valence-corrected chi connectivity index (χ4v) is 4.55. The van der Waals surface area contributed by atoms with Crippen molar-refractivity contribution in [2.45, 2.75) is 26.2 Å². The van der Waals surface area contributed by atoms with Crippen molar-refractivity contribution >= 4 is 52.0 Å². The van der Waals surface area contributed by atoms with E-state index in [1.165, 1.54) is 29.8 Å². The average Bonchev–Trinajstić information content (AvgIpc) is 2.98. The quantitative estimate of drug-likeness (QED) is 0.590. The second-order valence-corrected chi connectivity index (χ2v) is 8.51. The van der Waals surface area contributed by atoms with E-state index in [1.807, 2.05) is 19.1 Å². The van der Waals surface area contributed by atoms with Gasteiger partial charge in [0.1, 0.15) is 0 Å². The molecule has 144 valence electrons. The summed E-state index contributed by atoms with van der Waals surface area (Å²) < 4.78 is 0. The van der Waals surface area contributed by atoms with Crippen molar-refractivity contribution < 1.29 is 9.59 Å². The number of anilines is 2. The Balaban J connectivity index is 1.58. The lowest BCUT2D eigenvalue weighted by atomic mass is 10.0. The molecule has 28 heavy (non-hydrogen) atoms. The van der Waals surface area contributed by atoms with Crippen molar-refractivity contribution in [1.29, 1.82) is 0 Å². The topological polar surface area (TPSA) is 40.6 Å². The molecular weight excluding hydrogens is 392 g/mol. The third-order valence-electron chi connectivity index (χ3n) is 5.14. The van der Waals surface area contributed by atoms with Gasteiger partial charge in [-0.15, -0.1) is 0 Å². The highest BCUT2D eigenvalue weighted by molar-refractivity contribution is 8.19. The van der Waals surface area contributed by atoms with Gasteiger partial charge in [-0.1, -0.05) is 17.7 Å². The van der Waals surface area contributed by atoms with Crippen LogP contribution in [-0.4, -0.2) is 24.2 Å². The number of carbonyl (C=O) groups excluding carboxylic acids is 2. The predicted octanol–water partition coefficient (Wildman–Crippen LogP) is 5.88. The molecule has 0 aromatic heterocycles. The Bertz CT molecular complexity index is 950. The van der Waals surface area contributed by atoms with Crippen molar-refractivity contribution in [3.63, 3.8) is 0 Å². The number of imide groups is 1. The zero-order valence-electron chi connectivity index (χ0n) is 15.7. The summed E-state index contributed by atoms with van der Waals surface area (Å²) >= 11 is 6.88. The zero-order valence-corrected chi connectivity index (χ0v) is 17.2. The van der Waals surface area contributed by atoms with Gasteiger partial charge in [0.2, 0.25) is 0 Å². The monoisotopic (exact) mass is 412 g/mol. The molecule has 6 heteroatoms. The van der Waals surface area contributed by atoms with Crippen molar-refractivity contribution in [2.75, 3.05) is 22.9 Å². The van der Waals surface area contributed by atoms with Crippen LogP contribution in [0.25, 0.3) is 6.08 Å². The molecule has 0 radical (unpaired) electrons. The molecule has 2 amide bonds. The lowest BCUT2D eigenvalue weighted by Gasteiger charge is -2.29. The minimum Gasteiger partial charge on any atom is -0.372 e. The van der Waals surface area contributed by atoms with Gasteiger partial charge in [-0.2, -0.15) is 0 Å². The van der Waals surface area contributed by atoms with Gasteiger partial charge in [0.15, 0.2) is 0 Å². The summed E-state index contributed by atoms with van der Waals surface area (Å²) in [5.74, 6) is -0.295. The number of benzene rings is 2. The number of rotatable bonds is 3. The Morgan fingerprint density at radius 1 is 0.964 bits per heavy atom. The largest absolute Gasteiger partial charge is 0.372 e. The van der Waals surface area contributed by atoms with Crippen LogP contribution in [-0.2, 0) is 4.79 Å². The van der Waals surface area contributed by atoms with E-state index in [1.54, 1.807) is 24.3 Å². The van der Waals surface area contributed by atoms with Crippen molar-refractivity contribution in [3.8, 4) is 0 Å². The van der Waals surface area contributed by atoms with Gasteiger partial charge in [0.05, 0.1) is 10.6 Å². The fourth-order valence-electron chi connectivity index (χ4n) is 3.59. The number of aryl methyl sites for hydroxylation is 1. The van der Waals surface area contributed by atoms with Crippen molar-refractivity contribution in [2.24, 2.45) is 0 Å². The fraction of sp³-hybridized carbons (Fsp3) is 0.273. The minimum atomic E-state index is -0.295. The molecule has 2 fully saturated rings. The molecule has 2 saturated heterocycles. The predicted molar refractivity (Wildman–Crippen MR) is 117 cm³/mol. The molecule has 4 nitrogen and oxygen atoms in total. The summed E-state index contributed by atoms with van der Waals surface area (Å²) in [4.78, 5) is 29.3. The molecule has 0 unspecified atom stereocenters. The maximum Gasteiger partial charge on any atom is 0.298 e. The normalized spacial score (nSPS) is 19.0. The Morgan fingerprint density at radius 3 is 2.32 bits per heavy atom. The number of thioether (sulfide) groups is 1. The van der Waals surface area contributed by atoms with E-state index in [0.29, 0.717) is 15.6 Å². The van der Waals surface area contributed by atoms with Crippen molar-refractivity contribution in [1.82, 2.24) is 0 Å². The molecule has 0 N–H and O–H groups in total. The van der Waals surface area contributed by atoms with Crippen LogP contribution in [0.3, 0.4) is 0 Å². The highest BCUT2D eigenvalue weighted by atomic mass is 35.5. The lowest BCUT2D eigenvalue weighted by molar-refractivity contribution is -0.113. The maximum atomic E-state index is 12.8. The van der Waals surface area contributed by atoms with Crippen LogP contribution in [0.4, 0.5) is 16.2 Å². The van der Waals surface area contributed by atoms with Crippen LogP contribution in [0.15, 0.2) is 47.4 Å². The van der Waals surface area contributed by atoms with Gasteiger partial charge in [-0.25, -0.2) is 4.90 Å². The molecule has 2 aromatic rings. The number of carbonyl (C=O) groups is 2. The van der Waals surface area contributed by atoms with E-state index in [0.717, 1.165) is 36.0 Å². The molecule has 0 atom stereocenters. The lowest BCUT2D eigenvalue weighted by Crippen LogP contribution is -2.29. The first kappa shape index (κ1) is 19.1. The molecule has 0 saturated carbocycles. The highest BCUT2D eigenvalue weighted by Crippen LogP contribution is 2.36. The third-order valence-corrected chi connectivity index (χ3v) is 6.26. The number of hydrogen-bond donors (Lipinski definition) is 0. The summed E-state index contributed by atoms with van der Waals surface area (Å²) in [7, 11) is 0. The summed E-state index contributed by atoms with van der Waals surface area (Å²) in [5, 5.41) is 0.275. The molecule has 0 spiro atoms. The first-order valence-electron chi connectivity index (χ1n) is 9.42. The summed E-state index contributed by atoms with van der Waals surface area (Å²) in [5.41, 5.74) is 3.82. The van der Waals surface area contributed by atoms with E-state index in [2.05, 4.69) is 17.0 Å². The second-order valence-electron chi connectivity index (χ2n) is 7.08. The number of hydrogen-bond acceptors (Lipinski definition) is 4. The van der Waals surface area contributed by atoms with Crippen LogP contribution in [0.2, 0.25) is 5.02 Å². The molecule has 0 aliphatic carbocycles. The van der Waals surface area contributed by atoms with Crippen molar-refractivity contribution in [3.05, 3.63) is 63.5 Å². The molecular formula is C22H21ClN2O2S. The Labute approximate surface area is 174 Å². The SMILES string of the molecule is Cc1cc(N2CCCCC2)ccc1/C=C1/SC(=O)N(c2ccc(Cl)cc2)C1=O. The van der Waals surface area contributed by atoms with Gasteiger partial charge in [-0.05, 0) is 91.5 Å². The first-order chi connectivity index (χ1) is 13.5. The maximum absolute atomic E-state index is 12.8. The minimum absolute atomic E-state index is 0.291. The average molecular weight is 413 g/mol. The second kappa shape index (κ2) is 8.02. The van der Waals surface area contributed by atoms with Gasteiger partial charge < -0.3 is 4.90 Å². The molecule has 2 heterocycles. The standard InChI is InChI=1S/C22H21ClN2O2S/c1-15-13-19(24-11-3-2-4-12-24)8-5-16(15)14-20-21(26)25(22(27)28-20)18-9-6-17(23)7-10-18/h5-10,13-14H,2-4,11-12H2,1H3/b20-14+. The van der Waals surface area contributed by atoms with E-state index in [9.17, 15) is 9.59 Å². The van der Waals surface area contributed by atoms with Crippen LogP contribution < -0.4 is 9.80 Å². The summed E-state index contributed by atoms with van der Waals surface area (Å²) in [6.07, 6.45) is 5.59. The molecule has 2 aliphatic heterocycles. The Kier molecular flexibility index (Phi) is 5.47. The first-order valence-corrected chi connectivity index (χ1v) is 10.6. The van der Waals surface area contributed by atoms with Crippen LogP contribution in [0.5, 0.6) is 0 Å². The van der Waals surface area contributed by atoms with E-state index < -0.39 is 0 Å². The van der Waals surface area contributed by atoms with E-state index >= 15 is 0 Å². The number of piperidine rings is 1. The summed E-state index contributed by atoms with van der Waals surface area (Å²) in [6.45, 7) is 4.24. The smallest absolute Gasteiger partial charge is 0.298 e. The van der Waals surface area contributed by atoms with E-state index in [-0.39, 0.29) is 11.1 Å². The van der Waals surface area contributed by atoms with Crippen LogP contribution in [0, 0.1) is 6.92 Å².